The van der Waals surface area contributed by atoms with Crippen molar-refractivity contribution >= 4 is 18.2 Å². The maximum Gasteiger partial charge on any atom is 0.338 e. The van der Waals surface area contributed by atoms with Gasteiger partial charge in [0.1, 0.15) is 6.29 Å². The normalized spacial score (nSPS) is 16.6. The van der Waals surface area contributed by atoms with E-state index in [9.17, 15) is 9.59 Å². The van der Waals surface area contributed by atoms with Gasteiger partial charge in [-0.3, -0.25) is 0 Å². The molecule has 6 nitrogen and oxygen atoms in total. The highest BCUT2D eigenvalue weighted by Gasteiger charge is 2.20. The largest absolute Gasteiger partial charge is 0.478 e. The maximum absolute atomic E-state index is 10.7. The third-order valence-electron chi connectivity index (χ3n) is 3.21. The Kier molecular flexibility index (Phi) is 3.86. The van der Waals surface area contributed by atoms with E-state index in [4.69, 9.17) is 5.11 Å². The molecule has 0 radical (unpaired) electrons. The number of carbonyl (C=O) groups excluding carboxylic acids is 1. The average molecular weight is 249 g/mol. The molecule has 0 aromatic carbocycles. The zero-order chi connectivity index (χ0) is 13.0. The van der Waals surface area contributed by atoms with Gasteiger partial charge in [0.05, 0.1) is 5.56 Å². The maximum atomic E-state index is 10.7. The summed E-state index contributed by atoms with van der Waals surface area (Å²) in [7, 11) is 0. The van der Waals surface area contributed by atoms with Gasteiger partial charge in [-0.15, -0.1) is 0 Å². The van der Waals surface area contributed by atoms with Crippen LogP contribution >= 0.6 is 0 Å². The van der Waals surface area contributed by atoms with E-state index in [1.807, 2.05) is 4.90 Å². The van der Waals surface area contributed by atoms with E-state index in [0.29, 0.717) is 18.3 Å². The van der Waals surface area contributed by atoms with Crippen molar-refractivity contribution in [2.75, 3.05) is 18.0 Å². The van der Waals surface area contributed by atoms with Crippen molar-refractivity contribution in [3.05, 3.63) is 18.0 Å². The van der Waals surface area contributed by atoms with E-state index in [0.717, 1.165) is 32.2 Å². The van der Waals surface area contributed by atoms with Crippen molar-refractivity contribution < 1.29 is 14.7 Å². The number of hydrogen-bond acceptors (Lipinski definition) is 5. The lowest BCUT2D eigenvalue weighted by Gasteiger charge is -2.31. The third-order valence-corrected chi connectivity index (χ3v) is 3.21. The predicted octanol–water partition coefficient (Wildman–Crippen LogP) is 0.980. The van der Waals surface area contributed by atoms with Crippen molar-refractivity contribution in [1.29, 1.82) is 0 Å². The molecule has 0 unspecified atom stereocenters. The molecule has 1 N–H and O–H groups in total. The van der Waals surface area contributed by atoms with Crippen molar-refractivity contribution in [2.24, 2.45) is 5.92 Å². The zero-order valence-electron chi connectivity index (χ0n) is 9.95. The quantitative estimate of drug-likeness (QED) is 0.801. The molecular formula is C12H15N3O3. The highest BCUT2D eigenvalue weighted by atomic mass is 16.4. The van der Waals surface area contributed by atoms with Gasteiger partial charge in [-0.2, -0.15) is 0 Å². The van der Waals surface area contributed by atoms with Crippen LogP contribution in [0.25, 0.3) is 0 Å². The molecule has 2 heterocycles. The van der Waals surface area contributed by atoms with Gasteiger partial charge in [0.25, 0.3) is 0 Å². The molecule has 18 heavy (non-hydrogen) atoms. The molecule has 0 aliphatic carbocycles. The summed E-state index contributed by atoms with van der Waals surface area (Å²) in [6, 6.07) is 0. The highest BCUT2D eigenvalue weighted by Crippen LogP contribution is 2.22. The Morgan fingerprint density at radius 3 is 2.50 bits per heavy atom. The number of hydrogen-bond donors (Lipinski definition) is 1. The number of aromatic nitrogens is 2. The lowest BCUT2D eigenvalue weighted by Crippen LogP contribution is -2.35. The Bertz CT molecular complexity index is 425. The fraction of sp³-hybridized carbons (Fsp3) is 0.500. The second kappa shape index (κ2) is 5.57. The van der Waals surface area contributed by atoms with Crippen molar-refractivity contribution in [3.8, 4) is 0 Å². The Labute approximate surface area is 105 Å². The molecule has 2 rings (SSSR count). The molecule has 1 fully saturated rings. The molecule has 1 aliphatic heterocycles. The summed E-state index contributed by atoms with van der Waals surface area (Å²) in [5, 5.41) is 8.75. The summed E-state index contributed by atoms with van der Waals surface area (Å²) in [6.45, 7) is 1.62. The topological polar surface area (TPSA) is 83.4 Å². The van der Waals surface area contributed by atoms with Gasteiger partial charge in [0.15, 0.2) is 0 Å². The van der Waals surface area contributed by atoms with Gasteiger partial charge in [-0.25, -0.2) is 14.8 Å². The molecule has 0 atom stereocenters. The highest BCUT2D eigenvalue weighted by molar-refractivity contribution is 5.86. The molecule has 6 heteroatoms. The number of nitrogens with zero attached hydrogens (tertiary/aromatic N) is 3. The van der Waals surface area contributed by atoms with E-state index in [2.05, 4.69) is 9.97 Å². The fourth-order valence-electron chi connectivity index (χ4n) is 2.10. The van der Waals surface area contributed by atoms with E-state index in [-0.39, 0.29) is 5.56 Å². The number of aldehydes is 1. The van der Waals surface area contributed by atoms with E-state index in [1.165, 1.54) is 12.4 Å². The lowest BCUT2D eigenvalue weighted by atomic mass is 9.94. The van der Waals surface area contributed by atoms with Crippen molar-refractivity contribution in [1.82, 2.24) is 9.97 Å². The first-order chi connectivity index (χ1) is 8.70. The van der Waals surface area contributed by atoms with Crippen LogP contribution in [-0.2, 0) is 4.79 Å². The first kappa shape index (κ1) is 12.5. The minimum atomic E-state index is -1.02. The first-order valence-electron chi connectivity index (χ1n) is 5.94. The van der Waals surface area contributed by atoms with Crippen molar-refractivity contribution in [2.45, 2.75) is 19.3 Å². The van der Waals surface area contributed by atoms with Gasteiger partial charge in [0, 0.05) is 31.9 Å². The predicted molar refractivity (Wildman–Crippen MR) is 64.6 cm³/mol. The summed E-state index contributed by atoms with van der Waals surface area (Å²) in [4.78, 5) is 31.2. The molecule has 1 aromatic heterocycles. The van der Waals surface area contributed by atoms with E-state index in [1.54, 1.807) is 0 Å². The fourth-order valence-corrected chi connectivity index (χ4v) is 2.10. The minimum absolute atomic E-state index is 0.0922. The van der Waals surface area contributed by atoms with Gasteiger partial charge >= 0.3 is 5.97 Å². The van der Waals surface area contributed by atoms with Gasteiger partial charge in [-0.05, 0) is 18.8 Å². The number of aromatic carboxylic acids is 1. The standard InChI is InChI=1S/C12H15N3O3/c16-6-3-9-1-4-15(5-2-9)12-13-7-10(8-14-12)11(17)18/h6-9H,1-5H2,(H,17,18). The van der Waals surface area contributed by atoms with Gasteiger partial charge < -0.3 is 14.8 Å². The van der Waals surface area contributed by atoms with Crippen LogP contribution in [0.15, 0.2) is 12.4 Å². The Morgan fingerprint density at radius 2 is 2.00 bits per heavy atom. The summed E-state index contributed by atoms with van der Waals surface area (Å²) >= 11 is 0. The molecule has 1 saturated heterocycles. The van der Waals surface area contributed by atoms with E-state index < -0.39 is 5.97 Å². The van der Waals surface area contributed by atoms with Gasteiger partial charge in [0.2, 0.25) is 5.95 Å². The van der Waals surface area contributed by atoms with Crippen LogP contribution in [0.5, 0.6) is 0 Å². The summed E-state index contributed by atoms with van der Waals surface area (Å²) in [5.74, 6) is -0.00663. The van der Waals surface area contributed by atoms with Crippen molar-refractivity contribution in [3.63, 3.8) is 0 Å². The van der Waals surface area contributed by atoms with Crippen LogP contribution < -0.4 is 4.90 Å². The van der Waals surface area contributed by atoms with Crippen LogP contribution in [0.2, 0.25) is 0 Å². The molecule has 96 valence electrons. The van der Waals surface area contributed by atoms with Crippen LogP contribution in [0.1, 0.15) is 29.6 Å². The Hall–Kier alpha value is -1.98. The zero-order valence-corrected chi connectivity index (χ0v) is 9.95. The molecular weight excluding hydrogens is 234 g/mol. The average Bonchev–Trinajstić information content (AvgIpc) is 2.40. The number of rotatable bonds is 4. The van der Waals surface area contributed by atoms with Crippen LogP contribution in [0.3, 0.4) is 0 Å². The Balaban J connectivity index is 1.97. The number of carboxylic acids is 1. The second-order valence-corrected chi connectivity index (χ2v) is 4.41. The minimum Gasteiger partial charge on any atom is -0.478 e. The first-order valence-corrected chi connectivity index (χ1v) is 5.94. The summed E-state index contributed by atoms with van der Waals surface area (Å²) < 4.78 is 0. The molecule has 0 amide bonds. The molecule has 0 bridgehead atoms. The lowest BCUT2D eigenvalue weighted by molar-refractivity contribution is -0.108. The Morgan fingerprint density at radius 1 is 1.39 bits per heavy atom. The third kappa shape index (κ3) is 2.82. The number of carbonyl (C=O) groups is 2. The second-order valence-electron chi connectivity index (χ2n) is 4.41. The summed E-state index contributed by atoms with van der Waals surface area (Å²) in [6.07, 6.45) is 6.13. The number of carboxylic acid groups (broad SMARTS) is 1. The molecule has 1 aromatic rings. The van der Waals surface area contributed by atoms with Gasteiger partial charge in [-0.1, -0.05) is 0 Å². The monoisotopic (exact) mass is 249 g/mol. The number of piperidine rings is 1. The SMILES string of the molecule is O=CCC1CCN(c2ncc(C(=O)O)cn2)CC1. The van der Waals surface area contributed by atoms with Crippen LogP contribution in [0, 0.1) is 5.92 Å². The summed E-state index contributed by atoms with van der Waals surface area (Å²) in [5.41, 5.74) is 0.0922. The smallest absolute Gasteiger partial charge is 0.338 e. The van der Waals surface area contributed by atoms with Crippen LogP contribution in [-0.4, -0.2) is 40.4 Å². The molecule has 1 aliphatic rings. The molecule has 0 spiro atoms. The van der Waals surface area contributed by atoms with Crippen LogP contribution in [0.4, 0.5) is 5.95 Å². The van der Waals surface area contributed by atoms with E-state index >= 15 is 0 Å². The number of anilines is 1. The molecule has 0 saturated carbocycles.